The summed E-state index contributed by atoms with van der Waals surface area (Å²) < 4.78 is 56.4. The summed E-state index contributed by atoms with van der Waals surface area (Å²) in [5.41, 5.74) is 0. The molecular formula is C16H25NO5S2. The van der Waals surface area contributed by atoms with Crippen molar-refractivity contribution in [2.45, 2.75) is 36.8 Å². The van der Waals surface area contributed by atoms with E-state index < -0.39 is 25.1 Å². The number of ether oxygens (including phenoxy) is 1. The molecule has 0 saturated carbocycles. The van der Waals surface area contributed by atoms with Gasteiger partial charge < -0.3 is 4.74 Å². The molecule has 1 saturated heterocycles. The SMILES string of the molecule is COc1ccc(S(=O)(=O)C2CCN(S(=O)(=O)CC(C)C)CC2)cc1. The minimum absolute atomic E-state index is 0.0516. The van der Waals surface area contributed by atoms with Gasteiger partial charge in [-0.2, -0.15) is 0 Å². The van der Waals surface area contributed by atoms with E-state index in [9.17, 15) is 16.8 Å². The number of hydrogen-bond acceptors (Lipinski definition) is 5. The van der Waals surface area contributed by atoms with Crippen LogP contribution in [0.4, 0.5) is 0 Å². The maximum Gasteiger partial charge on any atom is 0.214 e. The van der Waals surface area contributed by atoms with E-state index in [0.717, 1.165) is 0 Å². The second kappa shape index (κ2) is 7.41. The Labute approximate surface area is 144 Å². The van der Waals surface area contributed by atoms with Crippen LogP contribution >= 0.6 is 0 Å². The van der Waals surface area contributed by atoms with Gasteiger partial charge in [0, 0.05) is 13.1 Å². The number of piperidine rings is 1. The van der Waals surface area contributed by atoms with Gasteiger partial charge in [0.1, 0.15) is 5.75 Å². The van der Waals surface area contributed by atoms with Crippen LogP contribution in [-0.4, -0.2) is 52.3 Å². The first kappa shape index (κ1) is 19.2. The molecule has 0 aliphatic carbocycles. The van der Waals surface area contributed by atoms with Gasteiger partial charge in [-0.1, -0.05) is 13.8 Å². The average Bonchev–Trinajstić information content (AvgIpc) is 2.54. The fraction of sp³-hybridized carbons (Fsp3) is 0.625. The van der Waals surface area contributed by atoms with E-state index in [0.29, 0.717) is 18.6 Å². The first-order valence-electron chi connectivity index (χ1n) is 8.02. The number of rotatable bonds is 6. The summed E-state index contributed by atoms with van der Waals surface area (Å²) in [6.07, 6.45) is 0.650. The molecule has 6 nitrogen and oxygen atoms in total. The zero-order valence-corrected chi connectivity index (χ0v) is 15.9. The summed E-state index contributed by atoms with van der Waals surface area (Å²) in [5, 5.41) is -0.545. The number of benzene rings is 1. The Morgan fingerprint density at radius 3 is 2.08 bits per heavy atom. The predicted octanol–water partition coefficient (Wildman–Crippen LogP) is 1.92. The molecule has 8 heteroatoms. The summed E-state index contributed by atoms with van der Waals surface area (Å²) in [6, 6.07) is 6.32. The molecule has 1 aliphatic heterocycles. The quantitative estimate of drug-likeness (QED) is 0.759. The second-order valence-electron chi connectivity index (χ2n) is 6.49. The molecule has 0 bridgehead atoms. The minimum Gasteiger partial charge on any atom is -0.497 e. The maximum atomic E-state index is 12.7. The van der Waals surface area contributed by atoms with Crippen molar-refractivity contribution in [3.05, 3.63) is 24.3 Å². The minimum atomic E-state index is -3.46. The van der Waals surface area contributed by atoms with Crippen LogP contribution in [-0.2, 0) is 19.9 Å². The highest BCUT2D eigenvalue weighted by Crippen LogP contribution is 2.27. The Bertz CT molecular complexity index is 746. The molecule has 0 radical (unpaired) electrons. The fourth-order valence-electron chi connectivity index (χ4n) is 2.91. The van der Waals surface area contributed by atoms with Crippen molar-refractivity contribution in [1.82, 2.24) is 4.31 Å². The van der Waals surface area contributed by atoms with Crippen molar-refractivity contribution in [1.29, 1.82) is 0 Å². The van der Waals surface area contributed by atoms with Gasteiger partial charge in [0.2, 0.25) is 10.0 Å². The van der Waals surface area contributed by atoms with Gasteiger partial charge in [0.25, 0.3) is 0 Å². The van der Waals surface area contributed by atoms with Crippen LogP contribution in [0.15, 0.2) is 29.2 Å². The lowest BCUT2D eigenvalue weighted by Gasteiger charge is -2.31. The van der Waals surface area contributed by atoms with E-state index >= 15 is 0 Å². The number of hydrogen-bond donors (Lipinski definition) is 0. The van der Waals surface area contributed by atoms with Crippen LogP contribution in [0, 0.1) is 5.92 Å². The summed E-state index contributed by atoms with van der Waals surface area (Å²) in [6.45, 7) is 4.24. The summed E-state index contributed by atoms with van der Waals surface area (Å²) >= 11 is 0. The monoisotopic (exact) mass is 375 g/mol. The van der Waals surface area contributed by atoms with Gasteiger partial charge >= 0.3 is 0 Å². The molecule has 0 unspecified atom stereocenters. The van der Waals surface area contributed by atoms with E-state index in [-0.39, 0.29) is 29.7 Å². The summed E-state index contributed by atoms with van der Waals surface area (Å²) in [5.74, 6) is 0.752. The van der Waals surface area contributed by atoms with Gasteiger partial charge in [-0.15, -0.1) is 0 Å². The lowest BCUT2D eigenvalue weighted by molar-refractivity contribution is 0.343. The van der Waals surface area contributed by atoms with Crippen LogP contribution in [0.3, 0.4) is 0 Å². The standard InChI is InChI=1S/C16H25NO5S2/c1-13(2)12-23(18,19)17-10-8-16(9-11-17)24(20,21)15-6-4-14(22-3)5-7-15/h4-7,13,16H,8-12H2,1-3H3. The molecule has 0 amide bonds. The van der Waals surface area contributed by atoms with Crippen LogP contribution in [0.1, 0.15) is 26.7 Å². The lowest BCUT2D eigenvalue weighted by atomic mass is 10.2. The topological polar surface area (TPSA) is 80.8 Å². The molecule has 24 heavy (non-hydrogen) atoms. The van der Waals surface area contributed by atoms with Crippen molar-refractivity contribution >= 4 is 19.9 Å². The Kier molecular flexibility index (Phi) is 5.93. The smallest absolute Gasteiger partial charge is 0.214 e. The Morgan fingerprint density at radius 1 is 1.08 bits per heavy atom. The molecule has 1 aromatic rings. The Morgan fingerprint density at radius 2 is 1.62 bits per heavy atom. The van der Waals surface area contributed by atoms with Gasteiger partial charge in [-0.25, -0.2) is 21.1 Å². The molecule has 1 aliphatic rings. The number of nitrogens with zero attached hydrogens (tertiary/aromatic N) is 1. The van der Waals surface area contributed by atoms with Crippen molar-refractivity contribution < 1.29 is 21.6 Å². The van der Waals surface area contributed by atoms with E-state index in [1.165, 1.54) is 23.5 Å². The molecule has 0 aromatic heterocycles. The first-order chi connectivity index (χ1) is 11.2. The molecule has 0 atom stereocenters. The van der Waals surface area contributed by atoms with Gasteiger partial charge in [-0.3, -0.25) is 0 Å². The number of sulfonamides is 1. The highest BCUT2D eigenvalue weighted by Gasteiger charge is 2.35. The van der Waals surface area contributed by atoms with Crippen LogP contribution in [0.5, 0.6) is 5.75 Å². The molecular weight excluding hydrogens is 350 g/mol. The summed E-state index contributed by atoms with van der Waals surface area (Å²) in [7, 11) is -5.23. The second-order valence-corrected chi connectivity index (χ2v) is 10.7. The van der Waals surface area contributed by atoms with Gasteiger partial charge in [0.15, 0.2) is 9.84 Å². The van der Waals surface area contributed by atoms with Gasteiger partial charge in [0.05, 0.1) is 23.0 Å². The molecule has 1 heterocycles. The molecule has 0 spiro atoms. The van der Waals surface area contributed by atoms with Crippen molar-refractivity contribution in [3.63, 3.8) is 0 Å². The van der Waals surface area contributed by atoms with Crippen molar-refractivity contribution in [2.75, 3.05) is 26.0 Å². The average molecular weight is 376 g/mol. The van der Waals surface area contributed by atoms with E-state index in [1.807, 2.05) is 13.8 Å². The van der Waals surface area contributed by atoms with Crippen molar-refractivity contribution in [3.8, 4) is 5.75 Å². The van der Waals surface area contributed by atoms with E-state index in [1.54, 1.807) is 12.1 Å². The molecule has 1 aromatic carbocycles. The third kappa shape index (κ3) is 4.29. The summed E-state index contributed by atoms with van der Waals surface area (Å²) in [4.78, 5) is 0.256. The molecule has 136 valence electrons. The highest BCUT2D eigenvalue weighted by molar-refractivity contribution is 7.92. The number of methoxy groups -OCH3 is 1. The zero-order valence-electron chi connectivity index (χ0n) is 14.3. The maximum absolute atomic E-state index is 12.7. The van der Waals surface area contributed by atoms with E-state index in [2.05, 4.69) is 0 Å². The van der Waals surface area contributed by atoms with Crippen LogP contribution in [0.2, 0.25) is 0 Å². The lowest BCUT2D eigenvalue weighted by Crippen LogP contribution is -2.43. The van der Waals surface area contributed by atoms with Crippen LogP contribution < -0.4 is 4.74 Å². The van der Waals surface area contributed by atoms with E-state index in [4.69, 9.17) is 4.74 Å². The third-order valence-electron chi connectivity index (χ3n) is 4.17. The number of sulfone groups is 1. The molecule has 1 fully saturated rings. The Hall–Kier alpha value is -1.12. The molecule has 0 N–H and O–H groups in total. The third-order valence-corrected chi connectivity index (χ3v) is 8.68. The fourth-order valence-corrected chi connectivity index (χ4v) is 6.46. The van der Waals surface area contributed by atoms with Gasteiger partial charge in [-0.05, 0) is 43.0 Å². The zero-order chi connectivity index (χ0) is 18.0. The normalized spacial score (nSPS) is 18.0. The van der Waals surface area contributed by atoms with Crippen molar-refractivity contribution in [2.24, 2.45) is 5.92 Å². The first-order valence-corrected chi connectivity index (χ1v) is 11.2. The Balaban J connectivity index is 2.08. The largest absolute Gasteiger partial charge is 0.497 e. The molecule has 2 rings (SSSR count). The highest BCUT2D eigenvalue weighted by atomic mass is 32.2. The van der Waals surface area contributed by atoms with Crippen LogP contribution in [0.25, 0.3) is 0 Å². The predicted molar refractivity (Wildman–Crippen MR) is 93.4 cm³/mol.